The lowest BCUT2D eigenvalue weighted by molar-refractivity contribution is 0.0935. The van der Waals surface area contributed by atoms with Crippen LogP contribution in [0, 0.1) is 6.92 Å². The number of nitrogens with zero attached hydrogens (tertiary/aromatic N) is 1. The van der Waals surface area contributed by atoms with E-state index in [-0.39, 0.29) is 12.1 Å². The van der Waals surface area contributed by atoms with E-state index in [9.17, 15) is 4.79 Å². The fraction of sp³-hybridized carbons (Fsp3) is 0.158. The predicted molar refractivity (Wildman–Crippen MR) is 97.9 cm³/mol. The molecule has 0 saturated carbocycles. The quantitative estimate of drug-likeness (QED) is 0.749. The van der Waals surface area contributed by atoms with Crippen molar-refractivity contribution in [2.75, 3.05) is 5.32 Å². The van der Waals surface area contributed by atoms with Crippen molar-refractivity contribution in [1.82, 2.24) is 10.3 Å². The number of anilines is 1. The molecule has 0 bridgehead atoms. The Morgan fingerprint density at radius 3 is 2.76 bits per heavy atom. The zero-order valence-corrected chi connectivity index (χ0v) is 14.5. The van der Waals surface area contributed by atoms with E-state index in [2.05, 4.69) is 15.6 Å². The van der Waals surface area contributed by atoms with Crippen LogP contribution in [0.4, 0.5) is 5.69 Å². The van der Waals surface area contributed by atoms with Crippen molar-refractivity contribution in [2.45, 2.75) is 19.7 Å². The Kier molecular flexibility index (Phi) is 4.11. The second-order valence-electron chi connectivity index (χ2n) is 5.89. The molecule has 1 aromatic heterocycles. The lowest BCUT2D eigenvalue weighted by Crippen LogP contribution is -2.38. The van der Waals surface area contributed by atoms with Gasteiger partial charge in [-0.15, -0.1) is 11.3 Å². The van der Waals surface area contributed by atoms with E-state index in [1.807, 2.05) is 54.8 Å². The van der Waals surface area contributed by atoms with Crippen molar-refractivity contribution in [3.63, 3.8) is 0 Å². The fourth-order valence-corrected chi connectivity index (χ4v) is 3.37. The number of thiazole rings is 1. The van der Waals surface area contributed by atoms with Crippen molar-refractivity contribution in [1.29, 1.82) is 0 Å². The van der Waals surface area contributed by atoms with Crippen LogP contribution in [0.1, 0.15) is 33.3 Å². The molecule has 6 heteroatoms. The van der Waals surface area contributed by atoms with Gasteiger partial charge in [0.15, 0.2) is 0 Å². The Balaban J connectivity index is 1.49. The minimum absolute atomic E-state index is 0.0636. The third-order valence-electron chi connectivity index (χ3n) is 4.17. The van der Waals surface area contributed by atoms with E-state index in [0.29, 0.717) is 12.2 Å². The second-order valence-corrected chi connectivity index (χ2v) is 6.60. The molecule has 3 aromatic rings. The normalized spacial score (nSPS) is 15.9. The number of carbonyl (C=O) groups excluding carboxylic acids is 1. The van der Waals surface area contributed by atoms with Crippen LogP contribution < -0.4 is 15.4 Å². The molecule has 5 nitrogen and oxygen atoms in total. The first-order chi connectivity index (χ1) is 12.2. The smallest absolute Gasteiger partial charge is 0.255 e. The first-order valence-electron chi connectivity index (χ1n) is 7.97. The molecular formula is C19H17N3O2S. The molecule has 0 radical (unpaired) electrons. The number of hydrogen-bond donors (Lipinski definition) is 2. The molecule has 0 fully saturated rings. The molecule has 1 unspecified atom stereocenters. The highest BCUT2D eigenvalue weighted by atomic mass is 32.1. The molecule has 2 N–H and O–H groups in total. The minimum atomic E-state index is -0.256. The zero-order valence-electron chi connectivity index (χ0n) is 13.7. The van der Waals surface area contributed by atoms with Crippen LogP contribution >= 0.6 is 11.3 Å². The molecule has 1 aliphatic heterocycles. The summed E-state index contributed by atoms with van der Waals surface area (Å²) < 4.78 is 5.73. The van der Waals surface area contributed by atoms with Crippen molar-refractivity contribution in [3.8, 4) is 5.75 Å². The lowest BCUT2D eigenvalue weighted by Gasteiger charge is -2.29. The maximum absolute atomic E-state index is 12.3. The topological polar surface area (TPSA) is 63.2 Å². The summed E-state index contributed by atoms with van der Waals surface area (Å²) in [6.45, 7) is 2.45. The van der Waals surface area contributed by atoms with Gasteiger partial charge in [-0.05, 0) is 36.2 Å². The first kappa shape index (κ1) is 15.7. The number of aromatic nitrogens is 1. The van der Waals surface area contributed by atoms with E-state index < -0.39 is 0 Å². The van der Waals surface area contributed by atoms with Gasteiger partial charge in [0.2, 0.25) is 0 Å². The van der Waals surface area contributed by atoms with E-state index >= 15 is 0 Å². The van der Waals surface area contributed by atoms with Gasteiger partial charge in [-0.25, -0.2) is 4.98 Å². The Hall–Kier alpha value is -2.86. The third-order valence-corrected chi connectivity index (χ3v) is 4.80. The van der Waals surface area contributed by atoms with Crippen molar-refractivity contribution >= 4 is 22.9 Å². The van der Waals surface area contributed by atoms with Gasteiger partial charge in [-0.3, -0.25) is 4.79 Å². The first-order valence-corrected chi connectivity index (χ1v) is 8.92. The van der Waals surface area contributed by atoms with Gasteiger partial charge in [0.1, 0.15) is 18.5 Å². The highest BCUT2D eigenvalue weighted by Crippen LogP contribution is 2.30. The maximum atomic E-state index is 12.3. The minimum Gasteiger partial charge on any atom is -0.487 e. The molecule has 2 aromatic carbocycles. The SMILES string of the molecule is Cc1cccc2c1NC(c1ccc(OCc3cscn3)cc1)NC2=O. The molecular weight excluding hydrogens is 334 g/mol. The molecule has 0 spiro atoms. The summed E-state index contributed by atoms with van der Waals surface area (Å²) in [4.78, 5) is 16.5. The highest BCUT2D eigenvalue weighted by Gasteiger charge is 2.25. The molecule has 0 aliphatic carbocycles. The van der Waals surface area contributed by atoms with Crippen molar-refractivity contribution in [2.24, 2.45) is 0 Å². The average molecular weight is 351 g/mol. The molecule has 2 heterocycles. The number of amides is 1. The monoisotopic (exact) mass is 351 g/mol. The summed E-state index contributed by atoms with van der Waals surface area (Å²) in [6.07, 6.45) is -0.256. The standard InChI is InChI=1S/C19H17N3O2S/c1-12-3-2-4-16-17(12)21-18(22-19(16)23)13-5-7-15(8-6-13)24-9-14-10-25-11-20-14/h2-8,10-11,18,21H,9H2,1H3,(H,22,23). The highest BCUT2D eigenvalue weighted by molar-refractivity contribution is 7.07. The largest absolute Gasteiger partial charge is 0.487 e. The summed E-state index contributed by atoms with van der Waals surface area (Å²) >= 11 is 1.55. The molecule has 1 atom stereocenters. The van der Waals surface area contributed by atoms with Gasteiger partial charge < -0.3 is 15.4 Å². The number of nitrogens with one attached hydrogen (secondary N) is 2. The molecule has 25 heavy (non-hydrogen) atoms. The number of carbonyl (C=O) groups is 1. The Bertz CT molecular complexity index is 892. The van der Waals surface area contributed by atoms with Crippen LogP contribution in [0.25, 0.3) is 0 Å². The number of hydrogen-bond acceptors (Lipinski definition) is 5. The fourth-order valence-electron chi connectivity index (χ4n) is 2.83. The van der Waals surface area contributed by atoms with Gasteiger partial charge in [-0.1, -0.05) is 24.3 Å². The van der Waals surface area contributed by atoms with Crippen LogP contribution in [0.5, 0.6) is 5.75 Å². The second kappa shape index (κ2) is 6.57. The molecule has 0 saturated heterocycles. The van der Waals surface area contributed by atoms with Gasteiger partial charge in [0.25, 0.3) is 5.91 Å². The zero-order chi connectivity index (χ0) is 17.2. The number of para-hydroxylation sites is 1. The Morgan fingerprint density at radius 1 is 1.16 bits per heavy atom. The molecule has 4 rings (SSSR count). The van der Waals surface area contributed by atoms with Crippen LogP contribution in [0.2, 0.25) is 0 Å². The van der Waals surface area contributed by atoms with E-state index in [4.69, 9.17) is 4.74 Å². The van der Waals surface area contributed by atoms with Gasteiger partial charge in [0, 0.05) is 5.38 Å². The van der Waals surface area contributed by atoms with Gasteiger partial charge in [0.05, 0.1) is 22.5 Å². The summed E-state index contributed by atoms with van der Waals surface area (Å²) in [5, 5.41) is 8.36. The maximum Gasteiger partial charge on any atom is 0.255 e. The van der Waals surface area contributed by atoms with Gasteiger partial charge in [-0.2, -0.15) is 0 Å². The third kappa shape index (κ3) is 3.21. The van der Waals surface area contributed by atoms with Crippen LogP contribution in [-0.2, 0) is 6.61 Å². The predicted octanol–water partition coefficient (Wildman–Crippen LogP) is 3.88. The van der Waals surface area contributed by atoms with Crippen molar-refractivity contribution < 1.29 is 9.53 Å². The molecule has 1 aliphatic rings. The molecule has 126 valence electrons. The number of rotatable bonds is 4. The van der Waals surface area contributed by atoms with E-state index in [1.165, 1.54) is 0 Å². The Labute approximate surface area is 149 Å². The van der Waals surface area contributed by atoms with Crippen molar-refractivity contribution in [3.05, 3.63) is 75.7 Å². The van der Waals surface area contributed by atoms with Gasteiger partial charge >= 0.3 is 0 Å². The summed E-state index contributed by atoms with van der Waals surface area (Å²) in [6, 6.07) is 13.4. The van der Waals surface area contributed by atoms with Crippen LogP contribution in [-0.4, -0.2) is 10.9 Å². The summed E-state index contributed by atoms with van der Waals surface area (Å²) in [7, 11) is 0. The Morgan fingerprint density at radius 2 is 2.00 bits per heavy atom. The number of ether oxygens (including phenoxy) is 1. The van der Waals surface area contributed by atoms with Crippen LogP contribution in [0.15, 0.2) is 53.4 Å². The molecule has 1 amide bonds. The van der Waals surface area contributed by atoms with E-state index in [1.54, 1.807) is 16.8 Å². The number of benzene rings is 2. The summed E-state index contributed by atoms with van der Waals surface area (Å²) in [5.74, 6) is 0.710. The number of fused-ring (bicyclic) bond motifs is 1. The average Bonchev–Trinajstić information content (AvgIpc) is 3.15. The summed E-state index contributed by atoms with van der Waals surface area (Å²) in [5.41, 5.74) is 6.31. The van der Waals surface area contributed by atoms with E-state index in [0.717, 1.165) is 28.3 Å². The lowest BCUT2D eigenvalue weighted by atomic mass is 10.0. The van der Waals surface area contributed by atoms with Crippen LogP contribution in [0.3, 0.4) is 0 Å². The number of aryl methyl sites for hydroxylation is 1.